The Morgan fingerprint density at radius 1 is 1.30 bits per heavy atom. The van der Waals surface area contributed by atoms with Crippen LogP contribution in [0, 0.1) is 0 Å². The zero-order chi connectivity index (χ0) is 19.4. The number of rotatable bonds is 1. The fourth-order valence-electron chi connectivity index (χ4n) is 4.26. The molecule has 4 rings (SSSR count). The zero-order valence-corrected chi connectivity index (χ0v) is 16.3. The van der Waals surface area contributed by atoms with Gasteiger partial charge in [0.1, 0.15) is 5.60 Å². The van der Waals surface area contributed by atoms with E-state index in [1.165, 1.54) is 0 Å². The van der Waals surface area contributed by atoms with Crippen LogP contribution in [0.2, 0.25) is 0 Å². The minimum Gasteiger partial charge on any atom is -0.444 e. The van der Waals surface area contributed by atoms with Crippen molar-refractivity contribution in [3.63, 3.8) is 0 Å². The van der Waals surface area contributed by atoms with E-state index in [9.17, 15) is 9.90 Å². The lowest BCUT2D eigenvalue weighted by Crippen LogP contribution is -2.63. The van der Waals surface area contributed by atoms with Crippen molar-refractivity contribution in [2.75, 3.05) is 13.2 Å². The van der Waals surface area contributed by atoms with Crippen molar-refractivity contribution >= 4 is 17.0 Å². The number of hydrogen-bond donors (Lipinski definition) is 1. The molecule has 7 nitrogen and oxygen atoms in total. The third kappa shape index (κ3) is 3.30. The third-order valence-electron chi connectivity index (χ3n) is 5.44. The number of carbonyl (C=O) groups excluding carboxylic acids is 1. The van der Waals surface area contributed by atoms with E-state index in [1.807, 2.05) is 56.9 Å². The number of amides is 1. The molecule has 2 aromatic rings. The van der Waals surface area contributed by atoms with Crippen molar-refractivity contribution in [3.05, 3.63) is 30.0 Å². The van der Waals surface area contributed by atoms with Gasteiger partial charge in [0, 0.05) is 25.3 Å². The molecule has 0 aliphatic carbocycles. The fourth-order valence-corrected chi connectivity index (χ4v) is 4.26. The van der Waals surface area contributed by atoms with E-state index in [1.54, 1.807) is 4.90 Å². The molecule has 0 saturated carbocycles. The molecule has 2 atom stereocenters. The largest absolute Gasteiger partial charge is 0.444 e. The second-order valence-electron chi connectivity index (χ2n) is 8.71. The second kappa shape index (κ2) is 6.21. The van der Waals surface area contributed by atoms with Crippen LogP contribution in [0.3, 0.4) is 0 Å². The Labute approximate surface area is 158 Å². The molecular weight excluding hydrogens is 346 g/mol. The van der Waals surface area contributed by atoms with Gasteiger partial charge in [0.25, 0.3) is 0 Å². The summed E-state index contributed by atoms with van der Waals surface area (Å²) in [6.07, 6.45) is 2.33. The first-order valence-corrected chi connectivity index (χ1v) is 9.40. The van der Waals surface area contributed by atoms with E-state index in [-0.39, 0.29) is 18.2 Å². The number of morpholine rings is 1. The maximum atomic E-state index is 12.7. The molecule has 1 amide bonds. The standard InChI is InChI=1S/C20H27N3O4/c1-19(2,3)27-18(24)23-15-8-20(25,9-16(23)12-26-11-15)14-6-5-13-10-21-22(4)17(13)7-14/h5-7,10,15-16,25H,8-9,11-12H2,1-4H3. The molecule has 2 bridgehead atoms. The highest BCUT2D eigenvalue weighted by molar-refractivity contribution is 5.79. The van der Waals surface area contributed by atoms with Crippen molar-refractivity contribution in [1.29, 1.82) is 0 Å². The molecule has 2 aliphatic heterocycles. The molecule has 146 valence electrons. The van der Waals surface area contributed by atoms with Gasteiger partial charge in [-0.2, -0.15) is 5.10 Å². The van der Waals surface area contributed by atoms with Crippen LogP contribution in [0.1, 0.15) is 39.2 Å². The Kier molecular flexibility index (Phi) is 4.20. The van der Waals surface area contributed by atoms with Crippen molar-refractivity contribution in [2.45, 2.75) is 56.9 Å². The lowest BCUT2D eigenvalue weighted by molar-refractivity contribution is -0.141. The fraction of sp³-hybridized carbons (Fsp3) is 0.600. The van der Waals surface area contributed by atoms with E-state index in [2.05, 4.69) is 5.10 Å². The number of aryl methyl sites for hydroxylation is 1. The Hall–Kier alpha value is -2.12. The quantitative estimate of drug-likeness (QED) is 0.831. The molecule has 0 radical (unpaired) electrons. The summed E-state index contributed by atoms with van der Waals surface area (Å²) in [5.74, 6) is 0. The molecule has 1 aromatic carbocycles. The normalized spacial score (nSPS) is 28.4. The van der Waals surface area contributed by atoms with Gasteiger partial charge in [0.2, 0.25) is 0 Å². The average Bonchev–Trinajstić information content (AvgIpc) is 2.93. The summed E-state index contributed by atoms with van der Waals surface area (Å²) >= 11 is 0. The minimum atomic E-state index is -1.00. The van der Waals surface area contributed by atoms with Gasteiger partial charge in [0.05, 0.1) is 42.6 Å². The van der Waals surface area contributed by atoms with Crippen molar-refractivity contribution in [2.24, 2.45) is 7.05 Å². The number of aliphatic hydroxyl groups is 1. The van der Waals surface area contributed by atoms with Crippen LogP contribution >= 0.6 is 0 Å². The number of hydrogen-bond acceptors (Lipinski definition) is 5. The molecule has 2 fully saturated rings. The molecule has 1 aromatic heterocycles. The Morgan fingerprint density at radius 3 is 2.59 bits per heavy atom. The second-order valence-corrected chi connectivity index (χ2v) is 8.71. The molecular formula is C20H27N3O4. The van der Waals surface area contributed by atoms with Crippen molar-refractivity contribution in [1.82, 2.24) is 14.7 Å². The van der Waals surface area contributed by atoms with Crippen LogP contribution in [0.15, 0.2) is 24.4 Å². The van der Waals surface area contributed by atoms with Crippen LogP contribution in [-0.4, -0.2) is 56.8 Å². The van der Waals surface area contributed by atoms with E-state index < -0.39 is 11.2 Å². The Morgan fingerprint density at radius 2 is 1.96 bits per heavy atom. The summed E-state index contributed by atoms with van der Waals surface area (Å²) < 4.78 is 13.1. The maximum absolute atomic E-state index is 12.7. The van der Waals surface area contributed by atoms with Crippen LogP contribution < -0.4 is 0 Å². The molecule has 3 heterocycles. The highest BCUT2D eigenvalue weighted by Crippen LogP contribution is 2.42. The molecule has 2 saturated heterocycles. The number of benzene rings is 1. The summed E-state index contributed by atoms with van der Waals surface area (Å²) in [7, 11) is 1.89. The summed E-state index contributed by atoms with van der Waals surface area (Å²) in [5, 5.41) is 16.8. The maximum Gasteiger partial charge on any atom is 0.410 e. The lowest BCUT2D eigenvalue weighted by atomic mass is 9.77. The van der Waals surface area contributed by atoms with Crippen LogP contribution in [0.4, 0.5) is 4.79 Å². The summed E-state index contributed by atoms with van der Waals surface area (Å²) in [6, 6.07) is 5.53. The van der Waals surface area contributed by atoms with Crippen LogP contribution in [0.25, 0.3) is 10.9 Å². The van der Waals surface area contributed by atoms with E-state index in [0.29, 0.717) is 26.1 Å². The van der Waals surface area contributed by atoms with Gasteiger partial charge >= 0.3 is 6.09 Å². The Bertz CT molecular complexity index is 856. The van der Waals surface area contributed by atoms with Gasteiger partial charge in [0.15, 0.2) is 0 Å². The highest BCUT2D eigenvalue weighted by Gasteiger charge is 2.49. The van der Waals surface area contributed by atoms with E-state index >= 15 is 0 Å². The lowest BCUT2D eigenvalue weighted by Gasteiger charge is -2.51. The van der Waals surface area contributed by atoms with E-state index in [0.717, 1.165) is 16.5 Å². The zero-order valence-electron chi connectivity index (χ0n) is 16.3. The molecule has 7 heteroatoms. The monoisotopic (exact) mass is 373 g/mol. The minimum absolute atomic E-state index is 0.209. The van der Waals surface area contributed by atoms with Gasteiger partial charge < -0.3 is 14.6 Å². The molecule has 1 N–H and O–H groups in total. The third-order valence-corrected chi connectivity index (χ3v) is 5.44. The van der Waals surface area contributed by atoms with Crippen LogP contribution in [-0.2, 0) is 22.1 Å². The van der Waals surface area contributed by atoms with E-state index in [4.69, 9.17) is 9.47 Å². The molecule has 2 aliphatic rings. The van der Waals surface area contributed by atoms with Gasteiger partial charge in [-0.05, 0) is 32.4 Å². The number of nitrogens with zero attached hydrogens (tertiary/aromatic N) is 3. The highest BCUT2D eigenvalue weighted by atomic mass is 16.6. The number of piperidine rings is 1. The smallest absolute Gasteiger partial charge is 0.410 e. The van der Waals surface area contributed by atoms with Gasteiger partial charge in [-0.3, -0.25) is 9.58 Å². The van der Waals surface area contributed by atoms with Gasteiger partial charge in [-0.25, -0.2) is 4.79 Å². The van der Waals surface area contributed by atoms with Crippen molar-refractivity contribution in [3.8, 4) is 0 Å². The first-order chi connectivity index (χ1) is 12.7. The molecule has 0 spiro atoms. The number of aromatic nitrogens is 2. The van der Waals surface area contributed by atoms with Gasteiger partial charge in [-0.15, -0.1) is 0 Å². The SMILES string of the molecule is Cn1ncc2ccc(C3(O)CC4COCC(C3)N4C(=O)OC(C)(C)C)cc21. The predicted octanol–water partition coefficient (Wildman–Crippen LogP) is 2.56. The first-order valence-electron chi connectivity index (χ1n) is 9.40. The predicted molar refractivity (Wildman–Crippen MR) is 100 cm³/mol. The Balaban J connectivity index is 1.63. The first kappa shape index (κ1) is 18.3. The summed E-state index contributed by atoms with van der Waals surface area (Å²) in [5.41, 5.74) is 0.289. The van der Waals surface area contributed by atoms with Crippen LogP contribution in [0.5, 0.6) is 0 Å². The average molecular weight is 373 g/mol. The number of carbonyl (C=O) groups is 1. The summed E-state index contributed by atoms with van der Waals surface area (Å²) in [4.78, 5) is 14.5. The van der Waals surface area contributed by atoms with Crippen molar-refractivity contribution < 1.29 is 19.4 Å². The van der Waals surface area contributed by atoms with Gasteiger partial charge in [-0.1, -0.05) is 12.1 Å². The summed E-state index contributed by atoms with van der Waals surface area (Å²) in [6.45, 7) is 6.40. The molecule has 2 unspecified atom stereocenters. The number of ether oxygens (including phenoxy) is 2. The molecule has 27 heavy (non-hydrogen) atoms. The topological polar surface area (TPSA) is 76.8 Å². The number of fused-ring (bicyclic) bond motifs is 3.